The number of hydrogen-bond acceptors (Lipinski definition) is 1. The van der Waals surface area contributed by atoms with Crippen LogP contribution >= 0.6 is 0 Å². The molecule has 2 nitrogen and oxygen atoms in total. The fraction of sp³-hybridized carbons (Fsp3) is 0.312. The Morgan fingerprint density at radius 3 is 2.28 bits per heavy atom. The maximum absolute atomic E-state index is 10.5. The highest BCUT2D eigenvalue weighted by atomic mass is 16.4. The molecule has 0 unspecified atom stereocenters. The molecule has 0 aliphatic heterocycles. The lowest BCUT2D eigenvalue weighted by molar-refractivity contribution is -0.137. The topological polar surface area (TPSA) is 37.3 Å². The van der Waals surface area contributed by atoms with Crippen LogP contribution in [0.25, 0.3) is 10.8 Å². The summed E-state index contributed by atoms with van der Waals surface area (Å²) >= 11 is 0. The highest BCUT2D eigenvalue weighted by Crippen LogP contribution is 2.19. The number of aryl methyl sites for hydroxylation is 2. The van der Waals surface area contributed by atoms with Crippen LogP contribution in [0.15, 0.2) is 36.4 Å². The third kappa shape index (κ3) is 3.10. The van der Waals surface area contributed by atoms with E-state index in [4.69, 9.17) is 5.11 Å². The van der Waals surface area contributed by atoms with E-state index in [1.165, 1.54) is 21.9 Å². The first kappa shape index (κ1) is 12.6. The van der Waals surface area contributed by atoms with E-state index in [-0.39, 0.29) is 6.42 Å². The molecule has 0 heterocycles. The highest BCUT2D eigenvalue weighted by molar-refractivity contribution is 5.83. The summed E-state index contributed by atoms with van der Waals surface area (Å²) in [5, 5.41) is 11.1. The average molecular weight is 242 g/mol. The van der Waals surface area contributed by atoms with Crippen LogP contribution in [0.2, 0.25) is 0 Å². The van der Waals surface area contributed by atoms with Crippen LogP contribution in [0.1, 0.15) is 30.9 Å². The Morgan fingerprint density at radius 2 is 1.67 bits per heavy atom. The molecule has 2 aromatic rings. The van der Waals surface area contributed by atoms with Gasteiger partial charge in [0.15, 0.2) is 0 Å². The lowest BCUT2D eigenvalue weighted by Gasteiger charge is -2.05. The Balaban J connectivity index is 2.15. The van der Waals surface area contributed by atoms with Gasteiger partial charge in [0, 0.05) is 6.42 Å². The summed E-state index contributed by atoms with van der Waals surface area (Å²) in [7, 11) is 0. The number of rotatable bonds is 5. The predicted octanol–water partition coefficient (Wildman–Crippen LogP) is 3.81. The molecule has 0 aliphatic rings. The van der Waals surface area contributed by atoms with Crippen molar-refractivity contribution in [3.63, 3.8) is 0 Å². The second-order valence-electron chi connectivity index (χ2n) is 4.62. The molecular formula is C16H18O2. The maximum Gasteiger partial charge on any atom is 0.303 e. The predicted molar refractivity (Wildman–Crippen MR) is 73.9 cm³/mol. The van der Waals surface area contributed by atoms with Crippen molar-refractivity contribution in [3.8, 4) is 0 Å². The summed E-state index contributed by atoms with van der Waals surface area (Å²) in [5.74, 6) is -0.719. The van der Waals surface area contributed by atoms with E-state index in [0.29, 0.717) is 6.42 Å². The Bertz CT molecular complexity index is 558. The van der Waals surface area contributed by atoms with Crippen molar-refractivity contribution in [2.24, 2.45) is 0 Å². The van der Waals surface area contributed by atoms with Crippen molar-refractivity contribution in [2.45, 2.75) is 32.6 Å². The van der Waals surface area contributed by atoms with Crippen LogP contribution in [0, 0.1) is 0 Å². The van der Waals surface area contributed by atoms with Crippen LogP contribution in [-0.4, -0.2) is 11.1 Å². The SMILES string of the molecule is CCc1ccc2cc(CCCC(=O)O)ccc2c1. The molecule has 0 atom stereocenters. The fourth-order valence-corrected chi connectivity index (χ4v) is 2.16. The Kier molecular flexibility index (Phi) is 3.98. The third-order valence-electron chi connectivity index (χ3n) is 3.23. The van der Waals surface area contributed by atoms with Crippen molar-refractivity contribution in [3.05, 3.63) is 47.5 Å². The van der Waals surface area contributed by atoms with Gasteiger partial charge in [-0.25, -0.2) is 0 Å². The third-order valence-corrected chi connectivity index (χ3v) is 3.23. The summed E-state index contributed by atoms with van der Waals surface area (Å²) in [6, 6.07) is 12.9. The zero-order chi connectivity index (χ0) is 13.0. The molecule has 18 heavy (non-hydrogen) atoms. The standard InChI is InChI=1S/C16H18O2/c1-2-12-6-8-15-11-13(4-3-5-16(17)18)7-9-14(15)10-12/h6-11H,2-5H2,1H3,(H,17,18). The number of aliphatic carboxylic acids is 1. The van der Waals surface area contributed by atoms with Gasteiger partial charge in [-0.1, -0.05) is 43.3 Å². The minimum Gasteiger partial charge on any atom is -0.481 e. The lowest BCUT2D eigenvalue weighted by Crippen LogP contribution is -1.95. The molecule has 0 amide bonds. The molecule has 94 valence electrons. The first-order chi connectivity index (χ1) is 8.69. The van der Waals surface area contributed by atoms with Crippen LogP contribution in [0.4, 0.5) is 0 Å². The van der Waals surface area contributed by atoms with Crippen molar-refractivity contribution in [1.82, 2.24) is 0 Å². The van der Waals surface area contributed by atoms with Crippen molar-refractivity contribution < 1.29 is 9.90 Å². The van der Waals surface area contributed by atoms with Crippen LogP contribution in [0.3, 0.4) is 0 Å². The summed E-state index contributed by atoms with van der Waals surface area (Å²) in [4.78, 5) is 10.5. The van der Waals surface area contributed by atoms with Gasteiger partial charge >= 0.3 is 5.97 Å². The molecule has 0 radical (unpaired) electrons. The van der Waals surface area contributed by atoms with Gasteiger partial charge < -0.3 is 5.11 Å². The Labute approximate surface area is 107 Å². The minimum absolute atomic E-state index is 0.243. The normalized spacial score (nSPS) is 10.7. The second kappa shape index (κ2) is 5.67. The average Bonchev–Trinajstić information content (AvgIpc) is 2.37. The first-order valence-corrected chi connectivity index (χ1v) is 6.42. The van der Waals surface area contributed by atoms with Crippen molar-refractivity contribution in [2.75, 3.05) is 0 Å². The second-order valence-corrected chi connectivity index (χ2v) is 4.62. The first-order valence-electron chi connectivity index (χ1n) is 6.42. The zero-order valence-electron chi connectivity index (χ0n) is 10.6. The van der Waals surface area contributed by atoms with Gasteiger partial charge in [-0.05, 0) is 41.2 Å². The van der Waals surface area contributed by atoms with Crippen LogP contribution < -0.4 is 0 Å². The van der Waals surface area contributed by atoms with Crippen LogP contribution in [0.5, 0.6) is 0 Å². The van der Waals surface area contributed by atoms with E-state index >= 15 is 0 Å². The van der Waals surface area contributed by atoms with E-state index in [2.05, 4.69) is 43.3 Å². The summed E-state index contributed by atoms with van der Waals surface area (Å²) in [6.45, 7) is 2.15. The van der Waals surface area contributed by atoms with Gasteiger partial charge in [0.25, 0.3) is 0 Å². The molecule has 0 spiro atoms. The van der Waals surface area contributed by atoms with Crippen molar-refractivity contribution in [1.29, 1.82) is 0 Å². The zero-order valence-corrected chi connectivity index (χ0v) is 10.6. The van der Waals surface area contributed by atoms with Crippen LogP contribution in [-0.2, 0) is 17.6 Å². The smallest absolute Gasteiger partial charge is 0.303 e. The number of hydrogen-bond donors (Lipinski definition) is 1. The van der Waals surface area contributed by atoms with Crippen molar-refractivity contribution >= 4 is 16.7 Å². The summed E-state index contributed by atoms with van der Waals surface area (Å²) in [5.41, 5.74) is 2.56. The molecule has 0 saturated carbocycles. The molecular weight excluding hydrogens is 224 g/mol. The number of benzene rings is 2. The molecule has 0 aromatic heterocycles. The summed E-state index contributed by atoms with van der Waals surface area (Å²) < 4.78 is 0. The van der Waals surface area contributed by atoms with Gasteiger partial charge in [-0.15, -0.1) is 0 Å². The van der Waals surface area contributed by atoms with E-state index in [1.807, 2.05) is 0 Å². The van der Waals surface area contributed by atoms with E-state index in [9.17, 15) is 4.79 Å². The van der Waals surface area contributed by atoms with Gasteiger partial charge in [0.1, 0.15) is 0 Å². The maximum atomic E-state index is 10.5. The van der Waals surface area contributed by atoms with E-state index in [1.54, 1.807) is 0 Å². The molecule has 0 aliphatic carbocycles. The molecule has 0 saturated heterocycles. The number of carboxylic acid groups (broad SMARTS) is 1. The quantitative estimate of drug-likeness (QED) is 0.865. The molecule has 2 heteroatoms. The fourth-order valence-electron chi connectivity index (χ4n) is 2.16. The molecule has 0 fully saturated rings. The molecule has 1 N–H and O–H groups in total. The van der Waals surface area contributed by atoms with Gasteiger partial charge in [-0.3, -0.25) is 4.79 Å². The summed E-state index contributed by atoms with van der Waals surface area (Å²) in [6.07, 6.45) is 2.83. The Hall–Kier alpha value is -1.83. The van der Waals surface area contributed by atoms with Gasteiger partial charge in [-0.2, -0.15) is 0 Å². The number of carbonyl (C=O) groups is 1. The number of carboxylic acids is 1. The minimum atomic E-state index is -0.719. The van der Waals surface area contributed by atoms with Gasteiger partial charge in [0.2, 0.25) is 0 Å². The number of fused-ring (bicyclic) bond motifs is 1. The van der Waals surface area contributed by atoms with Gasteiger partial charge in [0.05, 0.1) is 0 Å². The molecule has 2 rings (SSSR count). The molecule has 0 bridgehead atoms. The lowest BCUT2D eigenvalue weighted by atomic mass is 10.0. The molecule has 2 aromatic carbocycles. The van der Waals surface area contributed by atoms with E-state index < -0.39 is 5.97 Å². The largest absolute Gasteiger partial charge is 0.481 e. The monoisotopic (exact) mass is 242 g/mol. The van der Waals surface area contributed by atoms with E-state index in [0.717, 1.165) is 12.8 Å². The highest BCUT2D eigenvalue weighted by Gasteiger charge is 2.00. The Morgan fingerprint density at radius 1 is 1.06 bits per heavy atom.